The van der Waals surface area contributed by atoms with E-state index in [1.165, 1.54) is 0 Å². The first-order chi connectivity index (χ1) is 26.3. The normalized spacial score (nSPS) is 11.4. The van der Waals surface area contributed by atoms with Crippen LogP contribution in [0.4, 0.5) is 11.4 Å². The zero-order chi connectivity index (χ0) is 37.3. The van der Waals surface area contributed by atoms with Gasteiger partial charge in [0.1, 0.15) is 11.2 Å². The predicted octanol–water partition coefficient (Wildman–Crippen LogP) is 11.4. The predicted molar refractivity (Wildman–Crippen MR) is 225 cm³/mol. The van der Waals surface area contributed by atoms with E-state index in [0.717, 1.165) is 92.5 Å². The Morgan fingerprint density at radius 1 is 0.389 bits per heavy atom. The quantitative estimate of drug-likeness (QED) is 0.132. The summed E-state index contributed by atoms with van der Waals surface area (Å²) in [5.41, 5.74) is 9.42. The molecule has 0 radical (unpaired) electrons. The molecule has 0 aliphatic heterocycles. The van der Waals surface area contributed by atoms with E-state index in [9.17, 15) is 9.59 Å². The molecular weight excluding hydrogens is 669 g/mol. The summed E-state index contributed by atoms with van der Waals surface area (Å²) in [6, 6.07) is 44.9. The molecular formula is C48H42N2O4. The molecule has 0 fully saturated rings. The van der Waals surface area contributed by atoms with Crippen molar-refractivity contribution in [1.82, 2.24) is 0 Å². The number of nitrogens with zero attached hydrogens (tertiary/aromatic N) is 2. The van der Waals surface area contributed by atoms with E-state index in [1.807, 2.05) is 60.7 Å². The zero-order valence-corrected chi connectivity index (χ0v) is 31.1. The van der Waals surface area contributed by atoms with E-state index in [-0.39, 0.29) is 11.3 Å². The molecule has 0 aliphatic carbocycles. The summed E-state index contributed by atoms with van der Waals surface area (Å²) in [7, 11) is 0. The van der Waals surface area contributed by atoms with Crippen molar-refractivity contribution < 1.29 is 8.83 Å². The van der Waals surface area contributed by atoms with Crippen LogP contribution in [0.15, 0.2) is 152 Å². The van der Waals surface area contributed by atoms with E-state index in [1.54, 1.807) is 0 Å². The van der Waals surface area contributed by atoms with Crippen molar-refractivity contribution in [3.05, 3.63) is 154 Å². The van der Waals surface area contributed by atoms with Gasteiger partial charge in [-0.2, -0.15) is 0 Å². The smallest absolute Gasteiger partial charge is 0.344 e. The van der Waals surface area contributed by atoms with Gasteiger partial charge in [-0.3, -0.25) is 0 Å². The topological polar surface area (TPSA) is 66.9 Å². The zero-order valence-electron chi connectivity index (χ0n) is 31.1. The molecule has 6 aromatic carbocycles. The summed E-state index contributed by atoms with van der Waals surface area (Å²) in [6.07, 6.45) is 0. The maximum Gasteiger partial charge on any atom is 0.344 e. The molecule has 6 nitrogen and oxygen atoms in total. The second kappa shape index (κ2) is 14.6. The SMILES string of the molecule is CCN(CC)c1ccc2cc(-c3cccc(-c4ccc5cc(-c6cccc(-c7cc8ccc(N(CC)CC)cc8oc7=O)c6)ccc5c4)c3)c(=O)oc2c1. The lowest BCUT2D eigenvalue weighted by molar-refractivity contribution is 0.563. The fraction of sp³-hybridized carbons (Fsp3) is 0.167. The molecule has 6 heteroatoms. The molecule has 0 aliphatic rings. The van der Waals surface area contributed by atoms with Crippen molar-refractivity contribution in [3.8, 4) is 44.5 Å². The van der Waals surface area contributed by atoms with Gasteiger partial charge in [-0.05, 0) is 133 Å². The van der Waals surface area contributed by atoms with Crippen molar-refractivity contribution in [2.75, 3.05) is 36.0 Å². The Balaban J connectivity index is 1.07. The third-order valence-electron chi connectivity index (χ3n) is 10.6. The van der Waals surface area contributed by atoms with Crippen LogP contribution >= 0.6 is 0 Å². The van der Waals surface area contributed by atoms with E-state index in [4.69, 9.17) is 8.83 Å². The van der Waals surface area contributed by atoms with Crippen LogP contribution in [-0.2, 0) is 0 Å². The molecule has 8 rings (SSSR count). The number of fused-ring (bicyclic) bond motifs is 3. The second-order valence-electron chi connectivity index (χ2n) is 13.6. The number of hydrogen-bond donors (Lipinski definition) is 0. The lowest BCUT2D eigenvalue weighted by Gasteiger charge is -2.21. The van der Waals surface area contributed by atoms with Crippen LogP contribution in [0.25, 0.3) is 77.2 Å². The molecule has 0 bridgehead atoms. The Labute approximate surface area is 314 Å². The minimum absolute atomic E-state index is 0.350. The fourth-order valence-electron chi connectivity index (χ4n) is 7.51. The Kier molecular flexibility index (Phi) is 9.34. The van der Waals surface area contributed by atoms with Crippen LogP contribution in [0.5, 0.6) is 0 Å². The molecule has 0 spiro atoms. The molecule has 0 amide bonds. The summed E-state index contributed by atoms with van der Waals surface area (Å²) in [5, 5.41) is 3.99. The second-order valence-corrected chi connectivity index (χ2v) is 13.6. The highest BCUT2D eigenvalue weighted by Gasteiger charge is 2.14. The van der Waals surface area contributed by atoms with Crippen LogP contribution in [-0.4, -0.2) is 26.2 Å². The van der Waals surface area contributed by atoms with Crippen molar-refractivity contribution in [2.45, 2.75) is 27.7 Å². The minimum Gasteiger partial charge on any atom is -0.422 e. The van der Waals surface area contributed by atoms with Crippen molar-refractivity contribution in [2.24, 2.45) is 0 Å². The maximum absolute atomic E-state index is 13.2. The highest BCUT2D eigenvalue weighted by molar-refractivity contribution is 5.92. The highest BCUT2D eigenvalue weighted by Crippen LogP contribution is 2.33. The van der Waals surface area contributed by atoms with E-state index in [2.05, 4.69) is 110 Å². The maximum atomic E-state index is 13.2. The van der Waals surface area contributed by atoms with Gasteiger partial charge in [0, 0.05) is 60.5 Å². The van der Waals surface area contributed by atoms with Gasteiger partial charge in [-0.25, -0.2) is 9.59 Å². The molecule has 8 aromatic rings. The van der Waals surface area contributed by atoms with Gasteiger partial charge in [0.15, 0.2) is 0 Å². The number of anilines is 2. The van der Waals surface area contributed by atoms with Crippen LogP contribution in [0.1, 0.15) is 27.7 Å². The summed E-state index contributed by atoms with van der Waals surface area (Å²) in [5.74, 6) is 0. The highest BCUT2D eigenvalue weighted by atomic mass is 16.4. The number of rotatable bonds is 10. The number of benzene rings is 6. The summed E-state index contributed by atoms with van der Waals surface area (Å²) >= 11 is 0. The van der Waals surface area contributed by atoms with Crippen LogP contribution in [0.3, 0.4) is 0 Å². The molecule has 0 unspecified atom stereocenters. The lowest BCUT2D eigenvalue weighted by Crippen LogP contribution is -2.21. The van der Waals surface area contributed by atoms with Gasteiger partial charge in [0.25, 0.3) is 0 Å². The van der Waals surface area contributed by atoms with Gasteiger partial charge < -0.3 is 18.6 Å². The summed E-state index contributed by atoms with van der Waals surface area (Å²) in [4.78, 5) is 31.0. The fourth-order valence-corrected chi connectivity index (χ4v) is 7.51. The molecule has 2 heterocycles. The van der Waals surface area contributed by atoms with Gasteiger partial charge in [-0.15, -0.1) is 0 Å². The molecule has 0 N–H and O–H groups in total. The first-order valence-electron chi connectivity index (χ1n) is 18.8. The van der Waals surface area contributed by atoms with Gasteiger partial charge in [0.05, 0.1) is 11.1 Å². The molecule has 0 atom stereocenters. The van der Waals surface area contributed by atoms with Gasteiger partial charge in [-0.1, -0.05) is 60.7 Å². The lowest BCUT2D eigenvalue weighted by atomic mass is 9.95. The Morgan fingerprint density at radius 3 is 1.17 bits per heavy atom. The minimum atomic E-state index is -0.350. The first kappa shape index (κ1) is 34.7. The Bertz CT molecular complexity index is 2600. The molecule has 2 aromatic heterocycles. The van der Waals surface area contributed by atoms with Gasteiger partial charge >= 0.3 is 11.3 Å². The van der Waals surface area contributed by atoms with E-state index in [0.29, 0.717) is 22.3 Å². The van der Waals surface area contributed by atoms with Crippen molar-refractivity contribution in [3.63, 3.8) is 0 Å². The number of hydrogen-bond acceptors (Lipinski definition) is 6. The third-order valence-corrected chi connectivity index (χ3v) is 10.6. The Morgan fingerprint density at radius 2 is 0.759 bits per heavy atom. The third kappa shape index (κ3) is 6.56. The van der Waals surface area contributed by atoms with Crippen LogP contribution in [0, 0.1) is 0 Å². The van der Waals surface area contributed by atoms with Gasteiger partial charge in [0.2, 0.25) is 0 Å². The molecule has 0 saturated heterocycles. The Hall–Kier alpha value is -6.40. The standard InChI is InChI=1S/C48H42N2O4/c1-5-49(6-2)41-21-19-39-27-43(47(51)53-45(39)29-41)37-13-9-11-31(25-37)33-15-17-36-24-34(16-18-35(36)23-33)32-12-10-14-38(26-32)44-28-40-20-22-42(50(7-3)8-4)30-46(40)54-48(44)52/h9-30H,5-8H2,1-4H3. The van der Waals surface area contributed by atoms with Crippen LogP contribution < -0.4 is 21.1 Å². The van der Waals surface area contributed by atoms with E-state index >= 15 is 0 Å². The molecule has 54 heavy (non-hydrogen) atoms. The monoisotopic (exact) mass is 710 g/mol. The average molecular weight is 711 g/mol. The first-order valence-corrected chi connectivity index (χ1v) is 18.8. The molecule has 0 saturated carbocycles. The van der Waals surface area contributed by atoms with E-state index < -0.39 is 0 Å². The van der Waals surface area contributed by atoms with Crippen molar-refractivity contribution in [1.29, 1.82) is 0 Å². The summed E-state index contributed by atoms with van der Waals surface area (Å²) < 4.78 is 11.7. The van der Waals surface area contributed by atoms with Crippen molar-refractivity contribution >= 4 is 44.1 Å². The summed E-state index contributed by atoms with van der Waals surface area (Å²) in [6.45, 7) is 12.0. The molecule has 268 valence electrons. The average Bonchev–Trinajstić information content (AvgIpc) is 3.21. The van der Waals surface area contributed by atoms with Crippen LogP contribution in [0.2, 0.25) is 0 Å². The largest absolute Gasteiger partial charge is 0.422 e.